The van der Waals surface area contributed by atoms with Crippen LogP contribution in [0.2, 0.25) is 0 Å². The summed E-state index contributed by atoms with van der Waals surface area (Å²) in [4.78, 5) is 0.973. The second-order valence-corrected chi connectivity index (χ2v) is 7.18. The Hall–Kier alpha value is 0.0900. The highest BCUT2D eigenvalue weighted by molar-refractivity contribution is 9.10. The predicted molar refractivity (Wildman–Crippen MR) is 61.4 cm³/mol. The Morgan fingerprint density at radius 1 is 1.64 bits per heavy atom. The van der Waals surface area contributed by atoms with E-state index >= 15 is 0 Å². The van der Waals surface area contributed by atoms with E-state index in [1.165, 1.54) is 11.3 Å². The summed E-state index contributed by atoms with van der Waals surface area (Å²) < 4.78 is 22.7. The lowest BCUT2D eigenvalue weighted by molar-refractivity contribution is 0.199. The number of hydrogen-bond acceptors (Lipinski definition) is 4. The Kier molecular flexibility index (Phi) is 4.12. The topological polar surface area (TPSA) is 54.4 Å². The fourth-order valence-electron chi connectivity index (χ4n) is 1.09. The predicted octanol–water partition coefficient (Wildman–Crippen LogP) is 1.46. The van der Waals surface area contributed by atoms with Gasteiger partial charge in [-0.1, -0.05) is 0 Å². The molecule has 0 saturated carbocycles. The highest BCUT2D eigenvalue weighted by Crippen LogP contribution is 2.24. The summed E-state index contributed by atoms with van der Waals surface area (Å²) in [5, 5.41) is 11.4. The Morgan fingerprint density at radius 3 is 2.71 bits per heavy atom. The maximum absolute atomic E-state index is 10.9. The van der Waals surface area contributed by atoms with Crippen LogP contribution in [0, 0.1) is 0 Å². The van der Waals surface area contributed by atoms with Crippen LogP contribution in [0.1, 0.15) is 4.88 Å². The zero-order chi connectivity index (χ0) is 10.8. The van der Waals surface area contributed by atoms with Gasteiger partial charge in [-0.05, 0) is 27.4 Å². The van der Waals surface area contributed by atoms with Gasteiger partial charge in [-0.3, -0.25) is 0 Å². The van der Waals surface area contributed by atoms with Crippen LogP contribution in [0.15, 0.2) is 15.9 Å². The number of aliphatic hydroxyl groups excluding tert-OH is 1. The summed E-state index contributed by atoms with van der Waals surface area (Å²) in [5.74, 6) is -0.183. The number of halogens is 1. The van der Waals surface area contributed by atoms with Crippen LogP contribution in [0.5, 0.6) is 0 Å². The second kappa shape index (κ2) is 4.74. The van der Waals surface area contributed by atoms with Crippen molar-refractivity contribution in [3.8, 4) is 0 Å². The monoisotopic (exact) mass is 298 g/mol. The van der Waals surface area contributed by atoms with Crippen LogP contribution < -0.4 is 0 Å². The summed E-state index contributed by atoms with van der Waals surface area (Å²) in [6.07, 6.45) is 0.685. The van der Waals surface area contributed by atoms with E-state index in [2.05, 4.69) is 15.9 Å². The Morgan fingerprint density at radius 2 is 2.29 bits per heavy atom. The maximum Gasteiger partial charge on any atom is 0.150 e. The van der Waals surface area contributed by atoms with Crippen molar-refractivity contribution in [1.82, 2.24) is 0 Å². The third-order valence-corrected chi connectivity index (χ3v) is 4.55. The molecule has 0 bridgehead atoms. The molecule has 1 unspecified atom stereocenters. The molecule has 80 valence electrons. The number of thiophene rings is 1. The van der Waals surface area contributed by atoms with E-state index in [0.717, 1.165) is 15.6 Å². The summed E-state index contributed by atoms with van der Waals surface area (Å²) in [7, 11) is -3.10. The van der Waals surface area contributed by atoms with Crippen molar-refractivity contribution >= 4 is 37.1 Å². The SMILES string of the molecule is CS(=O)(=O)CC(O)Cc1sccc1Br. The van der Waals surface area contributed by atoms with Gasteiger partial charge in [-0.25, -0.2) is 8.42 Å². The molecule has 0 fully saturated rings. The van der Waals surface area contributed by atoms with Crippen LogP contribution in [0.25, 0.3) is 0 Å². The highest BCUT2D eigenvalue weighted by Gasteiger charge is 2.14. The largest absolute Gasteiger partial charge is 0.392 e. The molecule has 0 amide bonds. The van der Waals surface area contributed by atoms with Gasteiger partial charge in [-0.15, -0.1) is 11.3 Å². The normalized spacial score (nSPS) is 14.2. The van der Waals surface area contributed by atoms with Gasteiger partial charge in [0.25, 0.3) is 0 Å². The average molecular weight is 299 g/mol. The van der Waals surface area contributed by atoms with Crippen LogP contribution in [0.3, 0.4) is 0 Å². The number of hydrogen-bond donors (Lipinski definition) is 1. The van der Waals surface area contributed by atoms with E-state index in [1.807, 2.05) is 11.4 Å². The summed E-state index contributed by atoms with van der Waals surface area (Å²) in [6, 6.07) is 1.88. The molecule has 0 aliphatic rings. The van der Waals surface area contributed by atoms with Gasteiger partial charge in [0, 0.05) is 22.0 Å². The van der Waals surface area contributed by atoms with Crippen molar-refractivity contribution in [2.24, 2.45) is 0 Å². The first kappa shape index (κ1) is 12.2. The molecule has 1 heterocycles. The highest BCUT2D eigenvalue weighted by atomic mass is 79.9. The zero-order valence-electron chi connectivity index (χ0n) is 7.60. The Labute approximate surface area is 95.8 Å². The summed E-state index contributed by atoms with van der Waals surface area (Å²) >= 11 is 4.83. The van der Waals surface area contributed by atoms with E-state index < -0.39 is 15.9 Å². The fraction of sp³-hybridized carbons (Fsp3) is 0.500. The molecule has 6 heteroatoms. The molecule has 1 aromatic heterocycles. The molecule has 0 radical (unpaired) electrons. The van der Waals surface area contributed by atoms with E-state index in [0.29, 0.717) is 6.42 Å². The van der Waals surface area contributed by atoms with Crippen molar-refractivity contribution < 1.29 is 13.5 Å². The second-order valence-electron chi connectivity index (χ2n) is 3.14. The van der Waals surface area contributed by atoms with Crippen LogP contribution in [-0.2, 0) is 16.3 Å². The third kappa shape index (κ3) is 4.08. The Bertz CT molecular complexity index is 396. The van der Waals surface area contributed by atoms with Crippen molar-refractivity contribution in [2.45, 2.75) is 12.5 Å². The number of aliphatic hydroxyl groups is 1. The molecule has 1 N–H and O–H groups in total. The van der Waals surface area contributed by atoms with Crippen molar-refractivity contribution in [1.29, 1.82) is 0 Å². The lowest BCUT2D eigenvalue weighted by atomic mass is 10.2. The van der Waals surface area contributed by atoms with Gasteiger partial charge in [0.05, 0.1) is 11.9 Å². The van der Waals surface area contributed by atoms with E-state index in [1.54, 1.807) is 0 Å². The molecule has 0 aliphatic carbocycles. The van der Waals surface area contributed by atoms with Gasteiger partial charge < -0.3 is 5.11 Å². The third-order valence-electron chi connectivity index (χ3n) is 1.61. The molecule has 0 saturated heterocycles. The molecule has 14 heavy (non-hydrogen) atoms. The van der Waals surface area contributed by atoms with Crippen LogP contribution in [0.4, 0.5) is 0 Å². The zero-order valence-corrected chi connectivity index (χ0v) is 10.8. The van der Waals surface area contributed by atoms with Crippen molar-refractivity contribution in [3.63, 3.8) is 0 Å². The Balaban J connectivity index is 2.58. The maximum atomic E-state index is 10.9. The molecule has 1 rings (SSSR count). The first-order valence-electron chi connectivity index (χ1n) is 3.96. The molecule has 1 atom stereocenters. The fourth-order valence-corrected chi connectivity index (χ4v) is 3.50. The van der Waals surface area contributed by atoms with Gasteiger partial charge in [0.15, 0.2) is 0 Å². The van der Waals surface area contributed by atoms with Crippen LogP contribution in [-0.4, -0.2) is 31.6 Å². The number of sulfone groups is 1. The van der Waals surface area contributed by atoms with E-state index in [9.17, 15) is 13.5 Å². The van der Waals surface area contributed by atoms with Gasteiger partial charge in [0.2, 0.25) is 0 Å². The van der Waals surface area contributed by atoms with E-state index in [4.69, 9.17) is 0 Å². The quantitative estimate of drug-likeness (QED) is 0.916. The molecular weight excluding hydrogens is 288 g/mol. The van der Waals surface area contributed by atoms with Crippen molar-refractivity contribution in [2.75, 3.05) is 12.0 Å². The first-order valence-corrected chi connectivity index (χ1v) is 7.69. The summed E-state index contributed by atoms with van der Waals surface area (Å²) in [6.45, 7) is 0. The lowest BCUT2D eigenvalue weighted by Crippen LogP contribution is -2.21. The summed E-state index contributed by atoms with van der Waals surface area (Å²) in [5.41, 5.74) is 0. The van der Waals surface area contributed by atoms with Gasteiger partial charge in [0.1, 0.15) is 9.84 Å². The molecule has 0 aromatic carbocycles. The average Bonchev–Trinajstić information content (AvgIpc) is 2.32. The van der Waals surface area contributed by atoms with Gasteiger partial charge in [-0.2, -0.15) is 0 Å². The smallest absolute Gasteiger partial charge is 0.150 e. The molecule has 1 aromatic rings. The molecule has 3 nitrogen and oxygen atoms in total. The minimum Gasteiger partial charge on any atom is -0.392 e. The van der Waals surface area contributed by atoms with Gasteiger partial charge >= 0.3 is 0 Å². The lowest BCUT2D eigenvalue weighted by Gasteiger charge is -2.07. The first-order chi connectivity index (χ1) is 6.38. The number of rotatable bonds is 4. The standard InChI is InChI=1S/C8H11BrO3S2/c1-14(11,12)5-6(10)4-8-7(9)2-3-13-8/h2-3,6,10H,4-5H2,1H3. The molecule has 0 spiro atoms. The van der Waals surface area contributed by atoms with E-state index in [-0.39, 0.29) is 5.75 Å². The van der Waals surface area contributed by atoms with Crippen LogP contribution >= 0.6 is 27.3 Å². The molecule has 0 aliphatic heterocycles. The minimum atomic E-state index is -3.10. The van der Waals surface area contributed by atoms with Crippen molar-refractivity contribution in [3.05, 3.63) is 20.8 Å². The minimum absolute atomic E-state index is 0.183. The molecular formula is C8H11BrO3S2.